The second kappa shape index (κ2) is 4.12. The van der Waals surface area contributed by atoms with E-state index in [1.54, 1.807) is 0 Å². The van der Waals surface area contributed by atoms with Crippen LogP contribution < -0.4 is 5.90 Å². The Bertz CT molecular complexity index is 356. The minimum atomic E-state index is -0.713. The van der Waals surface area contributed by atoms with Crippen molar-refractivity contribution in [3.63, 3.8) is 0 Å². The third-order valence-electron chi connectivity index (χ3n) is 1.83. The van der Waals surface area contributed by atoms with Crippen LogP contribution in [0.3, 0.4) is 0 Å². The predicted molar refractivity (Wildman–Crippen MR) is 46.7 cm³/mol. The Morgan fingerprint density at radius 3 is 2.79 bits per heavy atom. The van der Waals surface area contributed by atoms with Gasteiger partial charge in [-0.1, -0.05) is 0 Å². The van der Waals surface area contributed by atoms with Crippen LogP contribution in [0, 0.1) is 15.9 Å². The summed E-state index contributed by atoms with van der Waals surface area (Å²) in [6, 6.07) is 3.21. The van der Waals surface area contributed by atoms with Crippen molar-refractivity contribution in [3.8, 4) is 0 Å². The number of non-ortho nitro benzene ring substituents is 1. The summed E-state index contributed by atoms with van der Waals surface area (Å²) >= 11 is 0. The van der Waals surface area contributed by atoms with Gasteiger partial charge in [0.2, 0.25) is 0 Å². The number of nitrogens with two attached hydrogens (primary N) is 1. The normalized spacial score (nSPS) is 12.5. The number of benzene rings is 1. The molecule has 1 aromatic rings. The average Bonchev–Trinajstić information content (AvgIpc) is 2.17. The van der Waals surface area contributed by atoms with Gasteiger partial charge >= 0.3 is 0 Å². The quantitative estimate of drug-likeness (QED) is 0.594. The molecule has 0 aromatic heterocycles. The summed E-state index contributed by atoms with van der Waals surface area (Å²) in [7, 11) is 0. The van der Waals surface area contributed by atoms with Crippen molar-refractivity contribution in [2.24, 2.45) is 5.90 Å². The van der Waals surface area contributed by atoms with Crippen LogP contribution >= 0.6 is 0 Å². The fraction of sp³-hybridized carbons (Fsp3) is 0.250. The molecule has 0 aliphatic carbocycles. The molecule has 0 amide bonds. The van der Waals surface area contributed by atoms with E-state index in [4.69, 9.17) is 5.90 Å². The van der Waals surface area contributed by atoms with Gasteiger partial charge in [0.1, 0.15) is 11.9 Å². The first-order chi connectivity index (χ1) is 6.56. The van der Waals surface area contributed by atoms with Crippen LogP contribution in [-0.2, 0) is 4.84 Å². The Balaban J connectivity index is 3.14. The molecule has 0 heterocycles. The zero-order valence-corrected chi connectivity index (χ0v) is 7.44. The fourth-order valence-electron chi connectivity index (χ4n) is 1.03. The molecule has 1 rings (SSSR count). The Kier molecular flexibility index (Phi) is 3.10. The molecule has 5 nitrogen and oxygen atoms in total. The Morgan fingerprint density at radius 1 is 1.64 bits per heavy atom. The van der Waals surface area contributed by atoms with Gasteiger partial charge in [-0.25, -0.2) is 10.3 Å². The molecule has 0 aliphatic rings. The number of nitro groups is 1. The van der Waals surface area contributed by atoms with Gasteiger partial charge < -0.3 is 0 Å². The van der Waals surface area contributed by atoms with Crippen LogP contribution in [0.15, 0.2) is 18.2 Å². The number of rotatable bonds is 3. The molecule has 0 aliphatic heterocycles. The van der Waals surface area contributed by atoms with Crippen LogP contribution in [0.1, 0.15) is 18.6 Å². The van der Waals surface area contributed by atoms with Crippen molar-refractivity contribution in [1.82, 2.24) is 0 Å². The molecule has 0 radical (unpaired) electrons. The lowest BCUT2D eigenvalue weighted by atomic mass is 10.1. The summed E-state index contributed by atoms with van der Waals surface area (Å²) in [4.78, 5) is 14.2. The van der Waals surface area contributed by atoms with E-state index in [2.05, 4.69) is 4.84 Å². The van der Waals surface area contributed by atoms with Gasteiger partial charge in [-0.15, -0.1) is 0 Å². The van der Waals surface area contributed by atoms with E-state index >= 15 is 0 Å². The Hall–Kier alpha value is -1.53. The molecular weight excluding hydrogens is 191 g/mol. The van der Waals surface area contributed by atoms with E-state index < -0.39 is 16.8 Å². The highest BCUT2D eigenvalue weighted by Gasteiger charge is 2.15. The van der Waals surface area contributed by atoms with Crippen LogP contribution in [0.4, 0.5) is 10.1 Å². The monoisotopic (exact) mass is 200 g/mol. The lowest BCUT2D eigenvalue weighted by molar-refractivity contribution is -0.385. The first-order valence-corrected chi connectivity index (χ1v) is 3.85. The molecule has 1 aromatic carbocycles. The number of halogens is 1. The summed E-state index contributed by atoms with van der Waals surface area (Å²) < 4.78 is 13.1. The van der Waals surface area contributed by atoms with E-state index in [1.807, 2.05) is 0 Å². The van der Waals surface area contributed by atoms with Crippen molar-refractivity contribution in [2.45, 2.75) is 13.0 Å². The third kappa shape index (κ3) is 2.04. The van der Waals surface area contributed by atoms with Gasteiger partial charge in [0.05, 0.1) is 4.92 Å². The lowest BCUT2D eigenvalue weighted by Crippen LogP contribution is -2.07. The van der Waals surface area contributed by atoms with Crippen LogP contribution in [-0.4, -0.2) is 4.92 Å². The number of hydrogen-bond acceptors (Lipinski definition) is 4. The van der Waals surface area contributed by atoms with E-state index in [-0.39, 0.29) is 11.3 Å². The summed E-state index contributed by atoms with van der Waals surface area (Å²) in [6.07, 6.45) is -0.713. The van der Waals surface area contributed by atoms with E-state index in [9.17, 15) is 14.5 Å². The van der Waals surface area contributed by atoms with E-state index in [1.165, 1.54) is 6.92 Å². The highest BCUT2D eigenvalue weighted by atomic mass is 19.1. The highest BCUT2D eigenvalue weighted by molar-refractivity contribution is 5.36. The fourth-order valence-corrected chi connectivity index (χ4v) is 1.03. The maximum atomic E-state index is 13.1. The number of hydrogen-bond donors (Lipinski definition) is 1. The van der Waals surface area contributed by atoms with E-state index in [0.717, 1.165) is 18.2 Å². The minimum absolute atomic E-state index is 0.0710. The summed E-state index contributed by atoms with van der Waals surface area (Å²) in [5.74, 6) is 4.29. The lowest BCUT2D eigenvalue weighted by Gasteiger charge is -2.09. The van der Waals surface area contributed by atoms with Gasteiger partial charge in [0.15, 0.2) is 0 Å². The molecule has 76 valence electrons. The molecule has 14 heavy (non-hydrogen) atoms. The predicted octanol–water partition coefficient (Wildman–Crippen LogP) is 1.69. The average molecular weight is 200 g/mol. The van der Waals surface area contributed by atoms with Crippen molar-refractivity contribution < 1.29 is 14.2 Å². The number of nitro benzene ring substituents is 1. The Morgan fingerprint density at radius 2 is 2.29 bits per heavy atom. The molecule has 0 bridgehead atoms. The van der Waals surface area contributed by atoms with Crippen molar-refractivity contribution in [2.75, 3.05) is 0 Å². The maximum Gasteiger partial charge on any atom is 0.270 e. The van der Waals surface area contributed by atoms with Crippen LogP contribution in [0.2, 0.25) is 0 Å². The molecule has 0 fully saturated rings. The summed E-state index contributed by atoms with van der Waals surface area (Å²) in [6.45, 7) is 1.50. The first-order valence-electron chi connectivity index (χ1n) is 3.85. The third-order valence-corrected chi connectivity index (χ3v) is 1.83. The zero-order chi connectivity index (χ0) is 10.7. The van der Waals surface area contributed by atoms with Crippen molar-refractivity contribution in [1.29, 1.82) is 0 Å². The smallest absolute Gasteiger partial charge is 0.270 e. The number of nitrogens with zero attached hydrogens (tertiary/aromatic N) is 1. The summed E-state index contributed by atoms with van der Waals surface area (Å²) in [5.41, 5.74) is -0.119. The SMILES string of the molecule is CC(ON)c1cc([N+](=O)[O-])ccc1F. The Labute approximate surface area is 79.4 Å². The summed E-state index contributed by atoms with van der Waals surface area (Å²) in [5, 5.41) is 10.4. The minimum Gasteiger partial charge on any atom is -0.297 e. The first kappa shape index (κ1) is 10.6. The maximum absolute atomic E-state index is 13.1. The topological polar surface area (TPSA) is 78.4 Å². The van der Waals surface area contributed by atoms with Crippen molar-refractivity contribution >= 4 is 5.69 Å². The largest absolute Gasteiger partial charge is 0.297 e. The van der Waals surface area contributed by atoms with Gasteiger partial charge in [0.25, 0.3) is 5.69 Å². The molecule has 1 atom stereocenters. The standard InChI is InChI=1S/C8H9FN2O3/c1-5(14-10)7-4-6(11(12)13)2-3-8(7)9/h2-5H,10H2,1H3. The molecule has 0 saturated carbocycles. The molecular formula is C8H9FN2O3. The second-order valence-corrected chi connectivity index (χ2v) is 2.74. The molecule has 0 spiro atoms. The molecule has 0 saturated heterocycles. The van der Waals surface area contributed by atoms with Crippen LogP contribution in [0.25, 0.3) is 0 Å². The zero-order valence-electron chi connectivity index (χ0n) is 7.44. The van der Waals surface area contributed by atoms with Crippen LogP contribution in [0.5, 0.6) is 0 Å². The van der Waals surface area contributed by atoms with Gasteiger partial charge in [-0.05, 0) is 13.0 Å². The molecule has 2 N–H and O–H groups in total. The second-order valence-electron chi connectivity index (χ2n) is 2.74. The van der Waals surface area contributed by atoms with Gasteiger partial charge in [-0.3, -0.25) is 15.0 Å². The van der Waals surface area contributed by atoms with E-state index in [0.29, 0.717) is 0 Å². The van der Waals surface area contributed by atoms with Gasteiger partial charge in [-0.2, -0.15) is 0 Å². The van der Waals surface area contributed by atoms with Crippen molar-refractivity contribution in [3.05, 3.63) is 39.7 Å². The molecule has 1 unspecified atom stereocenters. The van der Waals surface area contributed by atoms with Gasteiger partial charge in [0, 0.05) is 17.7 Å². The molecule has 6 heteroatoms. The highest BCUT2D eigenvalue weighted by Crippen LogP contribution is 2.23.